The molecule has 0 spiro atoms. The van der Waals surface area contributed by atoms with Gasteiger partial charge in [0, 0.05) is 13.0 Å². The number of hydrogen-bond donors (Lipinski definition) is 1. The molecule has 3 heterocycles. The van der Waals surface area contributed by atoms with Gasteiger partial charge < -0.3 is 14.2 Å². The second-order valence-corrected chi connectivity index (χ2v) is 6.43. The summed E-state index contributed by atoms with van der Waals surface area (Å²) in [6, 6.07) is 0. The van der Waals surface area contributed by atoms with Crippen molar-refractivity contribution < 1.29 is 9.63 Å². The van der Waals surface area contributed by atoms with Crippen LogP contribution >= 0.6 is 0 Å². The van der Waals surface area contributed by atoms with Crippen LogP contribution in [0.25, 0.3) is 0 Å². The first-order valence-electron chi connectivity index (χ1n) is 8.21. The fraction of sp³-hybridized carbons (Fsp3) is 0.733. The first-order chi connectivity index (χ1) is 10.7. The van der Waals surface area contributed by atoms with Gasteiger partial charge in [0.25, 0.3) is 5.89 Å². The summed E-state index contributed by atoms with van der Waals surface area (Å²) in [5.41, 5.74) is -0.924. The number of aryl methyl sites for hydroxylation is 1. The SMILES string of the molecule is OC1(c2nc(Cc3nnc4n3CCCCC4)no2)CCCC1. The van der Waals surface area contributed by atoms with Crippen LogP contribution in [-0.2, 0) is 25.0 Å². The molecule has 0 amide bonds. The zero-order chi connectivity index (χ0) is 15.0. The van der Waals surface area contributed by atoms with Crippen LogP contribution in [0.4, 0.5) is 0 Å². The summed E-state index contributed by atoms with van der Waals surface area (Å²) in [5, 5.41) is 23.1. The minimum atomic E-state index is -0.924. The van der Waals surface area contributed by atoms with Crippen LogP contribution < -0.4 is 0 Å². The van der Waals surface area contributed by atoms with Crippen molar-refractivity contribution in [2.45, 2.75) is 69.9 Å². The lowest BCUT2D eigenvalue weighted by Crippen LogP contribution is -2.21. The van der Waals surface area contributed by atoms with E-state index < -0.39 is 5.60 Å². The van der Waals surface area contributed by atoms with Gasteiger partial charge in [-0.3, -0.25) is 0 Å². The van der Waals surface area contributed by atoms with Crippen LogP contribution in [0.2, 0.25) is 0 Å². The van der Waals surface area contributed by atoms with Crippen LogP contribution in [0.1, 0.15) is 68.3 Å². The fourth-order valence-electron chi connectivity index (χ4n) is 3.51. The first kappa shape index (κ1) is 13.9. The van der Waals surface area contributed by atoms with E-state index in [2.05, 4.69) is 24.9 Å². The predicted octanol–water partition coefficient (Wildman–Crippen LogP) is 1.74. The number of rotatable bonds is 3. The molecule has 2 aromatic heterocycles. The molecule has 0 bridgehead atoms. The minimum absolute atomic E-state index is 0.357. The molecule has 1 fully saturated rings. The molecule has 1 aliphatic heterocycles. The van der Waals surface area contributed by atoms with Gasteiger partial charge in [-0.2, -0.15) is 4.98 Å². The van der Waals surface area contributed by atoms with Crippen LogP contribution in [0.15, 0.2) is 4.52 Å². The molecule has 1 N–H and O–H groups in total. The molecule has 1 aliphatic carbocycles. The number of hydrogen-bond acceptors (Lipinski definition) is 6. The van der Waals surface area contributed by atoms with E-state index in [-0.39, 0.29) is 0 Å². The normalized spacial score (nSPS) is 20.8. The summed E-state index contributed by atoms with van der Waals surface area (Å²) in [6.07, 6.45) is 8.49. The summed E-state index contributed by atoms with van der Waals surface area (Å²) >= 11 is 0. The molecule has 118 valence electrons. The zero-order valence-electron chi connectivity index (χ0n) is 12.7. The van der Waals surface area contributed by atoms with Crippen molar-refractivity contribution in [1.29, 1.82) is 0 Å². The van der Waals surface area contributed by atoms with E-state index in [1.165, 1.54) is 12.8 Å². The van der Waals surface area contributed by atoms with Crippen LogP contribution in [-0.4, -0.2) is 30.0 Å². The summed E-state index contributed by atoms with van der Waals surface area (Å²) in [7, 11) is 0. The lowest BCUT2D eigenvalue weighted by molar-refractivity contribution is 0.0112. The molecule has 2 aliphatic rings. The molecule has 0 unspecified atom stereocenters. The maximum atomic E-state index is 10.5. The first-order valence-corrected chi connectivity index (χ1v) is 8.21. The number of aliphatic hydroxyl groups is 1. The third-order valence-electron chi connectivity index (χ3n) is 4.80. The van der Waals surface area contributed by atoms with E-state index in [0.717, 1.165) is 43.9 Å². The van der Waals surface area contributed by atoms with Crippen molar-refractivity contribution in [2.24, 2.45) is 0 Å². The topological polar surface area (TPSA) is 89.9 Å². The zero-order valence-corrected chi connectivity index (χ0v) is 12.7. The maximum Gasteiger partial charge on any atom is 0.258 e. The molecule has 2 aromatic rings. The van der Waals surface area contributed by atoms with Gasteiger partial charge in [-0.05, 0) is 38.5 Å². The van der Waals surface area contributed by atoms with Gasteiger partial charge >= 0.3 is 0 Å². The van der Waals surface area contributed by atoms with Gasteiger partial charge in [-0.1, -0.05) is 11.6 Å². The fourth-order valence-corrected chi connectivity index (χ4v) is 3.51. The third-order valence-corrected chi connectivity index (χ3v) is 4.80. The Balaban J connectivity index is 1.55. The van der Waals surface area contributed by atoms with Gasteiger partial charge in [0.05, 0.1) is 6.42 Å². The van der Waals surface area contributed by atoms with E-state index in [1.54, 1.807) is 0 Å². The Morgan fingerprint density at radius 2 is 1.95 bits per heavy atom. The van der Waals surface area contributed by atoms with Crippen molar-refractivity contribution >= 4 is 0 Å². The standard InChI is InChI=1S/C15H21N5O2/c21-15(7-3-4-8-15)14-16-11(19-22-14)10-13-18-17-12-6-2-1-5-9-20(12)13/h21H,1-10H2. The van der Waals surface area contributed by atoms with Crippen molar-refractivity contribution in [2.75, 3.05) is 0 Å². The summed E-state index contributed by atoms with van der Waals surface area (Å²) < 4.78 is 7.49. The van der Waals surface area contributed by atoms with E-state index in [4.69, 9.17) is 4.52 Å². The van der Waals surface area contributed by atoms with E-state index in [1.807, 2.05) is 0 Å². The third kappa shape index (κ3) is 2.43. The van der Waals surface area contributed by atoms with E-state index >= 15 is 0 Å². The van der Waals surface area contributed by atoms with Gasteiger partial charge in [-0.25, -0.2) is 0 Å². The monoisotopic (exact) mass is 303 g/mol. The Morgan fingerprint density at radius 1 is 1.09 bits per heavy atom. The summed E-state index contributed by atoms with van der Waals surface area (Å²) in [6.45, 7) is 0.965. The maximum absolute atomic E-state index is 10.5. The molecule has 0 aromatic carbocycles. The highest BCUT2D eigenvalue weighted by molar-refractivity contribution is 5.07. The number of nitrogens with zero attached hydrogens (tertiary/aromatic N) is 5. The Bertz CT molecular complexity index is 657. The predicted molar refractivity (Wildman–Crippen MR) is 77.0 cm³/mol. The molecule has 0 radical (unpaired) electrons. The van der Waals surface area contributed by atoms with Crippen LogP contribution in [0.3, 0.4) is 0 Å². The Labute approximate surface area is 128 Å². The molecule has 0 saturated heterocycles. The highest BCUT2D eigenvalue weighted by atomic mass is 16.5. The molecule has 0 atom stereocenters. The van der Waals surface area contributed by atoms with Gasteiger partial charge in [0.15, 0.2) is 5.82 Å². The average molecular weight is 303 g/mol. The van der Waals surface area contributed by atoms with E-state index in [9.17, 15) is 5.11 Å². The Kier molecular flexibility index (Phi) is 3.44. The van der Waals surface area contributed by atoms with Gasteiger partial charge in [0.1, 0.15) is 17.2 Å². The molecule has 7 heteroatoms. The lowest BCUT2D eigenvalue weighted by atomic mass is 10.0. The second-order valence-electron chi connectivity index (χ2n) is 6.43. The van der Waals surface area contributed by atoms with Crippen molar-refractivity contribution in [3.8, 4) is 0 Å². The average Bonchev–Trinajstić information content (AvgIpc) is 3.20. The lowest BCUT2D eigenvalue weighted by Gasteiger charge is -2.15. The Hall–Kier alpha value is -1.76. The van der Waals surface area contributed by atoms with Gasteiger partial charge in [0.2, 0.25) is 0 Å². The van der Waals surface area contributed by atoms with Gasteiger partial charge in [-0.15, -0.1) is 10.2 Å². The van der Waals surface area contributed by atoms with Crippen molar-refractivity contribution in [3.05, 3.63) is 23.4 Å². The molecule has 1 saturated carbocycles. The van der Waals surface area contributed by atoms with E-state index in [0.29, 0.717) is 31.0 Å². The number of fused-ring (bicyclic) bond motifs is 1. The highest BCUT2D eigenvalue weighted by Gasteiger charge is 2.38. The molecular formula is C15H21N5O2. The molecular weight excluding hydrogens is 282 g/mol. The summed E-state index contributed by atoms with van der Waals surface area (Å²) in [5.74, 6) is 2.89. The highest BCUT2D eigenvalue weighted by Crippen LogP contribution is 2.37. The van der Waals surface area contributed by atoms with Crippen molar-refractivity contribution in [3.63, 3.8) is 0 Å². The molecule has 7 nitrogen and oxygen atoms in total. The second kappa shape index (κ2) is 5.46. The Morgan fingerprint density at radius 3 is 2.82 bits per heavy atom. The minimum Gasteiger partial charge on any atom is -0.380 e. The smallest absolute Gasteiger partial charge is 0.258 e. The molecule has 22 heavy (non-hydrogen) atoms. The molecule has 4 rings (SSSR count). The van der Waals surface area contributed by atoms with Crippen LogP contribution in [0, 0.1) is 0 Å². The van der Waals surface area contributed by atoms with Crippen molar-refractivity contribution in [1.82, 2.24) is 24.9 Å². The van der Waals surface area contributed by atoms with Crippen LogP contribution in [0.5, 0.6) is 0 Å². The largest absolute Gasteiger partial charge is 0.380 e. The number of aromatic nitrogens is 5. The quantitative estimate of drug-likeness (QED) is 0.929. The summed E-state index contributed by atoms with van der Waals surface area (Å²) in [4.78, 5) is 4.40.